The van der Waals surface area contributed by atoms with E-state index in [1.54, 1.807) is 6.07 Å². The summed E-state index contributed by atoms with van der Waals surface area (Å²) in [5.41, 5.74) is 0. The molecular formula is C19H22Cl2N2O4S. The lowest BCUT2D eigenvalue weighted by atomic mass is 9.97. The van der Waals surface area contributed by atoms with Crippen molar-refractivity contribution in [1.82, 2.24) is 9.62 Å². The molecule has 1 aliphatic rings. The maximum absolute atomic E-state index is 12.9. The van der Waals surface area contributed by atoms with Crippen molar-refractivity contribution in [1.29, 1.82) is 0 Å². The zero-order valence-electron chi connectivity index (χ0n) is 15.6. The fraction of sp³-hybridized carbons (Fsp3) is 0.421. The first-order valence-electron chi connectivity index (χ1n) is 9.01. The van der Waals surface area contributed by atoms with E-state index in [1.165, 1.54) is 16.4 Å². The molecule has 6 nitrogen and oxygen atoms in total. The summed E-state index contributed by atoms with van der Waals surface area (Å²) in [7, 11) is -3.81. The molecule has 2 heterocycles. The maximum Gasteiger partial charge on any atom is 0.246 e. The average Bonchev–Trinajstić information content (AvgIpc) is 3.08. The minimum absolute atomic E-state index is 0.0805. The van der Waals surface area contributed by atoms with Crippen molar-refractivity contribution in [3.63, 3.8) is 0 Å². The third-order valence-electron chi connectivity index (χ3n) is 4.89. The summed E-state index contributed by atoms with van der Waals surface area (Å²) in [5, 5.41) is 3.12. The molecule has 2 aromatic rings. The van der Waals surface area contributed by atoms with E-state index in [-0.39, 0.29) is 45.9 Å². The number of piperidine rings is 1. The summed E-state index contributed by atoms with van der Waals surface area (Å²) in [6, 6.07) is 8.03. The van der Waals surface area contributed by atoms with E-state index < -0.39 is 10.0 Å². The number of rotatable bonds is 5. The van der Waals surface area contributed by atoms with Gasteiger partial charge in [-0.05, 0) is 51.0 Å². The molecule has 0 bridgehead atoms. The summed E-state index contributed by atoms with van der Waals surface area (Å²) >= 11 is 12.1. The van der Waals surface area contributed by atoms with Crippen LogP contribution >= 0.6 is 23.2 Å². The van der Waals surface area contributed by atoms with Crippen LogP contribution in [0, 0.1) is 12.8 Å². The van der Waals surface area contributed by atoms with Gasteiger partial charge >= 0.3 is 0 Å². The van der Waals surface area contributed by atoms with E-state index in [1.807, 2.05) is 26.0 Å². The van der Waals surface area contributed by atoms with Crippen LogP contribution in [0.3, 0.4) is 0 Å². The summed E-state index contributed by atoms with van der Waals surface area (Å²) in [4.78, 5) is 12.5. The second-order valence-electron chi connectivity index (χ2n) is 6.91. The number of halogens is 2. The first kappa shape index (κ1) is 21.2. The third-order valence-corrected chi connectivity index (χ3v) is 7.74. The number of hydrogen-bond donors (Lipinski definition) is 1. The van der Waals surface area contributed by atoms with Gasteiger partial charge in [0.05, 0.1) is 16.1 Å². The molecule has 1 aliphatic heterocycles. The highest BCUT2D eigenvalue weighted by Gasteiger charge is 2.34. The molecule has 1 unspecified atom stereocenters. The van der Waals surface area contributed by atoms with Gasteiger partial charge in [-0.25, -0.2) is 8.42 Å². The molecule has 0 spiro atoms. The van der Waals surface area contributed by atoms with Crippen LogP contribution in [0.4, 0.5) is 0 Å². The topological polar surface area (TPSA) is 79.6 Å². The molecule has 9 heteroatoms. The van der Waals surface area contributed by atoms with Crippen molar-refractivity contribution in [3.8, 4) is 0 Å². The Labute approximate surface area is 174 Å². The van der Waals surface area contributed by atoms with E-state index >= 15 is 0 Å². The molecule has 1 fully saturated rings. The van der Waals surface area contributed by atoms with Gasteiger partial charge in [0.1, 0.15) is 16.4 Å². The lowest BCUT2D eigenvalue weighted by Crippen LogP contribution is -2.43. The van der Waals surface area contributed by atoms with Crippen LogP contribution in [0.15, 0.2) is 39.6 Å². The number of furan rings is 1. The van der Waals surface area contributed by atoms with Gasteiger partial charge in [-0.3, -0.25) is 4.79 Å². The quantitative estimate of drug-likeness (QED) is 0.749. The second-order valence-corrected chi connectivity index (χ2v) is 9.60. The summed E-state index contributed by atoms with van der Waals surface area (Å²) in [6.07, 6.45) is 0.855. The van der Waals surface area contributed by atoms with Crippen molar-refractivity contribution in [2.24, 2.45) is 5.92 Å². The van der Waals surface area contributed by atoms with E-state index in [0.717, 1.165) is 5.76 Å². The van der Waals surface area contributed by atoms with Gasteiger partial charge < -0.3 is 9.73 Å². The molecule has 3 rings (SSSR count). The molecule has 1 saturated heterocycles. The molecule has 0 aliphatic carbocycles. The van der Waals surface area contributed by atoms with Crippen molar-refractivity contribution >= 4 is 39.1 Å². The fourth-order valence-electron chi connectivity index (χ4n) is 3.30. The largest absolute Gasteiger partial charge is 0.464 e. The predicted molar refractivity (Wildman–Crippen MR) is 108 cm³/mol. The number of benzene rings is 1. The Kier molecular flexibility index (Phi) is 6.39. The van der Waals surface area contributed by atoms with Gasteiger partial charge in [-0.2, -0.15) is 4.31 Å². The van der Waals surface area contributed by atoms with E-state index in [9.17, 15) is 13.2 Å². The number of hydrogen-bond acceptors (Lipinski definition) is 4. The van der Waals surface area contributed by atoms with Crippen LogP contribution in [-0.4, -0.2) is 31.7 Å². The third kappa shape index (κ3) is 4.38. The lowest BCUT2D eigenvalue weighted by Gasteiger charge is -2.31. The standard InChI is InChI=1S/C19H22Cl2N2O4S/c1-12-6-7-17(27-12)13(2)22-19(24)14-8-10-23(11-9-14)28(25,26)18-15(20)4-3-5-16(18)21/h3-7,13-14H,8-11H2,1-2H3,(H,22,24). The van der Waals surface area contributed by atoms with Crippen LogP contribution in [0.2, 0.25) is 10.0 Å². The highest BCUT2D eigenvalue weighted by Crippen LogP contribution is 2.33. The number of carbonyl (C=O) groups excluding carboxylic acids is 1. The number of sulfonamides is 1. The molecule has 0 radical (unpaired) electrons. The molecule has 152 valence electrons. The predicted octanol–water partition coefficient (Wildman–Crippen LogP) is 4.17. The van der Waals surface area contributed by atoms with E-state index in [2.05, 4.69) is 5.32 Å². The summed E-state index contributed by atoms with van der Waals surface area (Å²) in [5.74, 6) is 1.12. The van der Waals surface area contributed by atoms with Gasteiger partial charge in [-0.15, -0.1) is 0 Å². The fourth-order valence-corrected chi connectivity index (χ4v) is 5.87. The van der Waals surface area contributed by atoms with E-state index in [0.29, 0.717) is 18.6 Å². The zero-order chi connectivity index (χ0) is 20.5. The Morgan fingerprint density at radius 3 is 2.32 bits per heavy atom. The van der Waals surface area contributed by atoms with Gasteiger partial charge in [0.25, 0.3) is 0 Å². The van der Waals surface area contributed by atoms with Crippen molar-refractivity contribution in [2.75, 3.05) is 13.1 Å². The second kappa shape index (κ2) is 8.45. The average molecular weight is 445 g/mol. The molecule has 1 amide bonds. The Hall–Kier alpha value is -1.54. The van der Waals surface area contributed by atoms with Crippen molar-refractivity contribution in [2.45, 2.75) is 37.6 Å². The van der Waals surface area contributed by atoms with Crippen LogP contribution < -0.4 is 5.32 Å². The Balaban J connectivity index is 1.63. The van der Waals surface area contributed by atoms with Gasteiger partial charge in [0, 0.05) is 19.0 Å². The summed E-state index contributed by atoms with van der Waals surface area (Å²) < 4.78 is 32.7. The Bertz CT molecular complexity index is 946. The number of aryl methyl sites for hydroxylation is 1. The Morgan fingerprint density at radius 1 is 1.18 bits per heavy atom. The van der Waals surface area contributed by atoms with Gasteiger partial charge in [-0.1, -0.05) is 29.3 Å². The molecule has 1 aromatic heterocycles. The minimum Gasteiger partial charge on any atom is -0.464 e. The smallest absolute Gasteiger partial charge is 0.246 e. The highest BCUT2D eigenvalue weighted by molar-refractivity contribution is 7.89. The van der Waals surface area contributed by atoms with Crippen LogP contribution in [0.1, 0.15) is 37.3 Å². The number of nitrogens with zero attached hydrogens (tertiary/aromatic N) is 1. The van der Waals surface area contributed by atoms with Crippen LogP contribution in [0.25, 0.3) is 0 Å². The van der Waals surface area contributed by atoms with E-state index in [4.69, 9.17) is 27.6 Å². The monoisotopic (exact) mass is 444 g/mol. The zero-order valence-corrected chi connectivity index (χ0v) is 17.9. The highest BCUT2D eigenvalue weighted by atomic mass is 35.5. The van der Waals surface area contributed by atoms with Crippen molar-refractivity contribution in [3.05, 3.63) is 51.9 Å². The first-order chi connectivity index (χ1) is 13.2. The molecule has 0 saturated carbocycles. The number of amides is 1. The first-order valence-corrected chi connectivity index (χ1v) is 11.2. The van der Waals surface area contributed by atoms with Crippen molar-refractivity contribution < 1.29 is 17.6 Å². The number of carbonyl (C=O) groups is 1. The number of nitrogens with one attached hydrogen (secondary N) is 1. The molecule has 1 N–H and O–H groups in total. The van der Waals surface area contributed by atoms with Gasteiger partial charge in [0.2, 0.25) is 15.9 Å². The van der Waals surface area contributed by atoms with Crippen LogP contribution in [-0.2, 0) is 14.8 Å². The molecule has 1 atom stereocenters. The van der Waals surface area contributed by atoms with Gasteiger partial charge in [0.15, 0.2) is 0 Å². The molecule has 1 aromatic carbocycles. The molecular weight excluding hydrogens is 423 g/mol. The minimum atomic E-state index is -3.81. The van der Waals surface area contributed by atoms with Crippen LogP contribution in [0.5, 0.6) is 0 Å². The Morgan fingerprint density at radius 2 is 1.79 bits per heavy atom. The SMILES string of the molecule is Cc1ccc(C(C)NC(=O)C2CCN(S(=O)(=O)c3c(Cl)cccc3Cl)CC2)o1. The normalized spacial score (nSPS) is 17.4. The summed E-state index contributed by atoms with van der Waals surface area (Å²) in [6.45, 7) is 4.17. The maximum atomic E-state index is 12.9. The molecule has 28 heavy (non-hydrogen) atoms. The lowest BCUT2D eigenvalue weighted by molar-refractivity contribution is -0.126.